The van der Waals surface area contributed by atoms with Gasteiger partial charge in [0.25, 0.3) is 0 Å². The van der Waals surface area contributed by atoms with Crippen molar-refractivity contribution in [3.8, 4) is 5.75 Å². The Hall–Kier alpha value is -1.62. The molecule has 1 unspecified atom stereocenters. The Bertz CT molecular complexity index is 437. The van der Waals surface area contributed by atoms with Gasteiger partial charge in [-0.05, 0) is 31.2 Å². The molecule has 1 aliphatic heterocycles. The SMILES string of the molecule is NC(=O)C1CCN(Cc2cc(F)ccc2O)C1. The second kappa shape index (κ2) is 4.71. The van der Waals surface area contributed by atoms with Crippen LogP contribution >= 0.6 is 0 Å². The third-order valence-corrected chi connectivity index (χ3v) is 3.11. The van der Waals surface area contributed by atoms with E-state index < -0.39 is 0 Å². The van der Waals surface area contributed by atoms with Gasteiger partial charge in [-0.2, -0.15) is 0 Å². The fourth-order valence-electron chi connectivity index (χ4n) is 2.13. The van der Waals surface area contributed by atoms with Gasteiger partial charge in [-0.1, -0.05) is 0 Å². The molecule has 0 saturated carbocycles. The van der Waals surface area contributed by atoms with E-state index >= 15 is 0 Å². The number of primary amides is 1. The summed E-state index contributed by atoms with van der Waals surface area (Å²) in [5.74, 6) is -0.723. The number of benzene rings is 1. The molecule has 92 valence electrons. The normalized spacial score (nSPS) is 20.6. The minimum absolute atomic E-state index is 0.0777. The monoisotopic (exact) mass is 238 g/mol. The zero-order valence-corrected chi connectivity index (χ0v) is 9.40. The average molecular weight is 238 g/mol. The summed E-state index contributed by atoms with van der Waals surface area (Å²) in [6.45, 7) is 1.75. The number of hydrogen-bond donors (Lipinski definition) is 2. The summed E-state index contributed by atoms with van der Waals surface area (Å²) in [4.78, 5) is 13.0. The van der Waals surface area contributed by atoms with Gasteiger partial charge in [0.2, 0.25) is 5.91 Å². The Morgan fingerprint density at radius 2 is 2.35 bits per heavy atom. The van der Waals surface area contributed by atoms with Gasteiger partial charge < -0.3 is 10.8 Å². The van der Waals surface area contributed by atoms with Crippen LogP contribution in [0.3, 0.4) is 0 Å². The van der Waals surface area contributed by atoms with Crippen molar-refractivity contribution in [2.45, 2.75) is 13.0 Å². The molecule has 1 atom stereocenters. The number of amides is 1. The lowest BCUT2D eigenvalue weighted by Crippen LogP contribution is -2.27. The van der Waals surface area contributed by atoms with Crippen molar-refractivity contribution in [1.29, 1.82) is 0 Å². The molecule has 1 amide bonds. The number of likely N-dealkylation sites (tertiary alicyclic amines) is 1. The number of carbonyl (C=O) groups is 1. The summed E-state index contributed by atoms with van der Waals surface area (Å²) in [6.07, 6.45) is 0.728. The smallest absolute Gasteiger partial charge is 0.221 e. The second-order valence-electron chi connectivity index (χ2n) is 4.40. The third kappa shape index (κ3) is 2.74. The van der Waals surface area contributed by atoms with E-state index in [4.69, 9.17) is 5.73 Å². The van der Waals surface area contributed by atoms with Crippen LogP contribution in [-0.4, -0.2) is 29.0 Å². The highest BCUT2D eigenvalue weighted by Crippen LogP contribution is 2.23. The van der Waals surface area contributed by atoms with Gasteiger partial charge in [-0.15, -0.1) is 0 Å². The molecular formula is C12H15FN2O2. The van der Waals surface area contributed by atoms with Crippen LogP contribution < -0.4 is 5.73 Å². The molecule has 3 N–H and O–H groups in total. The lowest BCUT2D eigenvalue weighted by molar-refractivity contribution is -0.121. The van der Waals surface area contributed by atoms with Crippen molar-refractivity contribution in [3.05, 3.63) is 29.6 Å². The minimum Gasteiger partial charge on any atom is -0.508 e. The van der Waals surface area contributed by atoms with Crippen molar-refractivity contribution < 1.29 is 14.3 Å². The summed E-state index contributed by atoms with van der Waals surface area (Å²) >= 11 is 0. The largest absolute Gasteiger partial charge is 0.508 e. The summed E-state index contributed by atoms with van der Waals surface area (Å²) in [5, 5.41) is 9.59. The van der Waals surface area contributed by atoms with E-state index in [1.54, 1.807) is 0 Å². The van der Waals surface area contributed by atoms with E-state index in [0.717, 1.165) is 13.0 Å². The number of rotatable bonds is 3. The van der Waals surface area contributed by atoms with Crippen LogP contribution in [0.2, 0.25) is 0 Å². The molecule has 0 aromatic heterocycles. The maximum absolute atomic E-state index is 13.0. The van der Waals surface area contributed by atoms with E-state index in [-0.39, 0.29) is 23.4 Å². The van der Waals surface area contributed by atoms with E-state index in [9.17, 15) is 14.3 Å². The lowest BCUT2D eigenvalue weighted by Gasteiger charge is -2.16. The van der Waals surface area contributed by atoms with E-state index in [1.807, 2.05) is 4.90 Å². The zero-order valence-electron chi connectivity index (χ0n) is 9.40. The maximum Gasteiger partial charge on any atom is 0.221 e. The number of nitrogens with two attached hydrogens (primary N) is 1. The van der Waals surface area contributed by atoms with Crippen LogP contribution in [-0.2, 0) is 11.3 Å². The maximum atomic E-state index is 13.0. The fourth-order valence-corrected chi connectivity index (χ4v) is 2.13. The molecule has 0 bridgehead atoms. The molecular weight excluding hydrogens is 223 g/mol. The Kier molecular flexibility index (Phi) is 3.28. The van der Waals surface area contributed by atoms with Gasteiger partial charge in [0.05, 0.1) is 5.92 Å². The van der Waals surface area contributed by atoms with Gasteiger partial charge in [-0.25, -0.2) is 4.39 Å². The molecule has 2 rings (SSSR count). The number of carbonyl (C=O) groups excluding carboxylic acids is 1. The number of hydrogen-bond acceptors (Lipinski definition) is 3. The zero-order chi connectivity index (χ0) is 12.4. The first-order valence-corrected chi connectivity index (χ1v) is 5.55. The molecule has 0 spiro atoms. The highest BCUT2D eigenvalue weighted by Gasteiger charge is 2.26. The summed E-state index contributed by atoms with van der Waals surface area (Å²) in [5.41, 5.74) is 5.77. The first kappa shape index (κ1) is 11.9. The Labute approximate surface area is 98.8 Å². The molecule has 1 heterocycles. The molecule has 1 aromatic carbocycles. The fraction of sp³-hybridized carbons (Fsp3) is 0.417. The van der Waals surface area contributed by atoms with Crippen molar-refractivity contribution in [2.75, 3.05) is 13.1 Å². The predicted molar refractivity (Wildman–Crippen MR) is 60.6 cm³/mol. The van der Waals surface area contributed by atoms with Gasteiger partial charge >= 0.3 is 0 Å². The standard InChI is InChI=1S/C12H15FN2O2/c13-10-1-2-11(16)9(5-10)7-15-4-3-8(6-15)12(14)17/h1-2,5,8,16H,3-4,6-7H2,(H2,14,17). The van der Waals surface area contributed by atoms with Gasteiger partial charge in [-0.3, -0.25) is 9.69 Å². The van der Waals surface area contributed by atoms with E-state index in [0.29, 0.717) is 18.7 Å². The molecule has 0 radical (unpaired) electrons. The molecule has 1 fully saturated rings. The predicted octanol–water partition coefficient (Wildman–Crippen LogP) is 0.838. The van der Waals surface area contributed by atoms with Gasteiger partial charge in [0, 0.05) is 18.7 Å². The molecule has 1 aliphatic rings. The van der Waals surface area contributed by atoms with Gasteiger partial charge in [0.15, 0.2) is 0 Å². The molecule has 17 heavy (non-hydrogen) atoms. The number of halogens is 1. The molecule has 1 saturated heterocycles. The van der Waals surface area contributed by atoms with Crippen molar-refractivity contribution in [3.63, 3.8) is 0 Å². The molecule has 5 heteroatoms. The summed E-state index contributed by atoms with van der Waals surface area (Å²) in [7, 11) is 0. The number of phenolic OH excluding ortho intramolecular Hbond substituents is 1. The van der Waals surface area contributed by atoms with Crippen LogP contribution in [0.4, 0.5) is 4.39 Å². The van der Waals surface area contributed by atoms with Gasteiger partial charge in [0.1, 0.15) is 11.6 Å². The minimum atomic E-state index is -0.372. The van der Waals surface area contributed by atoms with Crippen LogP contribution in [0, 0.1) is 11.7 Å². The van der Waals surface area contributed by atoms with Crippen LogP contribution in [0.5, 0.6) is 5.75 Å². The topological polar surface area (TPSA) is 66.6 Å². The second-order valence-corrected chi connectivity index (χ2v) is 4.40. The average Bonchev–Trinajstić information content (AvgIpc) is 2.72. The number of nitrogens with zero attached hydrogens (tertiary/aromatic N) is 1. The third-order valence-electron chi connectivity index (χ3n) is 3.11. The first-order valence-electron chi connectivity index (χ1n) is 5.55. The summed E-state index contributed by atoms with van der Waals surface area (Å²) < 4.78 is 13.0. The van der Waals surface area contributed by atoms with Crippen LogP contribution in [0.15, 0.2) is 18.2 Å². The number of phenols is 1. The summed E-state index contributed by atoms with van der Waals surface area (Å²) in [6, 6.07) is 3.87. The van der Waals surface area contributed by atoms with E-state index in [1.165, 1.54) is 18.2 Å². The lowest BCUT2D eigenvalue weighted by atomic mass is 10.1. The van der Waals surface area contributed by atoms with E-state index in [2.05, 4.69) is 0 Å². The Morgan fingerprint density at radius 3 is 3.00 bits per heavy atom. The van der Waals surface area contributed by atoms with Crippen molar-refractivity contribution in [1.82, 2.24) is 4.90 Å². The van der Waals surface area contributed by atoms with Crippen molar-refractivity contribution in [2.24, 2.45) is 11.7 Å². The number of aromatic hydroxyl groups is 1. The molecule has 4 nitrogen and oxygen atoms in total. The molecule has 1 aromatic rings. The van der Waals surface area contributed by atoms with Crippen molar-refractivity contribution >= 4 is 5.91 Å². The van der Waals surface area contributed by atoms with Crippen LogP contribution in [0.1, 0.15) is 12.0 Å². The first-order chi connectivity index (χ1) is 8.06. The quantitative estimate of drug-likeness (QED) is 0.820. The highest BCUT2D eigenvalue weighted by atomic mass is 19.1. The molecule has 0 aliphatic carbocycles. The van der Waals surface area contributed by atoms with Crippen LogP contribution in [0.25, 0.3) is 0 Å². The Morgan fingerprint density at radius 1 is 1.59 bits per heavy atom. The Balaban J connectivity index is 2.02. The highest BCUT2D eigenvalue weighted by molar-refractivity contribution is 5.77.